The van der Waals surface area contributed by atoms with E-state index in [2.05, 4.69) is 4.98 Å². The van der Waals surface area contributed by atoms with E-state index >= 15 is 8.78 Å². The highest BCUT2D eigenvalue weighted by Gasteiger charge is 2.52. The quantitative estimate of drug-likeness (QED) is 0.390. The van der Waals surface area contributed by atoms with Gasteiger partial charge in [0, 0.05) is 23.5 Å². The molecule has 192 valence electrons. The van der Waals surface area contributed by atoms with Crippen molar-refractivity contribution in [3.63, 3.8) is 0 Å². The van der Waals surface area contributed by atoms with Crippen molar-refractivity contribution >= 4 is 11.3 Å². The van der Waals surface area contributed by atoms with E-state index in [0.29, 0.717) is 23.4 Å². The van der Waals surface area contributed by atoms with Crippen LogP contribution in [0.2, 0.25) is 0 Å². The average Bonchev–Trinajstić information content (AvgIpc) is 3.33. The van der Waals surface area contributed by atoms with Gasteiger partial charge >= 0.3 is 5.92 Å². The van der Waals surface area contributed by atoms with E-state index in [1.54, 1.807) is 24.5 Å². The molecule has 4 heterocycles. The summed E-state index contributed by atoms with van der Waals surface area (Å²) < 4.78 is 53.1. The first kappa shape index (κ1) is 23.9. The number of aliphatic hydroxyl groups is 1. The third kappa shape index (κ3) is 3.55. The van der Waals surface area contributed by atoms with Gasteiger partial charge in [-0.05, 0) is 44.2 Å². The van der Waals surface area contributed by atoms with E-state index in [1.165, 1.54) is 31.2 Å². The normalized spacial score (nSPS) is 23.6. The molecule has 2 aromatic carbocycles. The van der Waals surface area contributed by atoms with Crippen LogP contribution in [0, 0.1) is 12.7 Å². The molecule has 2 aliphatic heterocycles. The van der Waals surface area contributed by atoms with Gasteiger partial charge in [0.25, 0.3) is 0 Å². The van der Waals surface area contributed by atoms with Crippen LogP contribution in [0.5, 0.6) is 0 Å². The number of nitrogens with two attached hydrogens (primary N) is 1. The number of benzene rings is 2. The summed E-state index contributed by atoms with van der Waals surface area (Å²) in [6.07, 6.45) is 6.49. The predicted octanol–water partition coefficient (Wildman–Crippen LogP) is 5.14. The highest BCUT2D eigenvalue weighted by atomic mass is 19.3. The van der Waals surface area contributed by atoms with E-state index in [4.69, 9.17) is 15.5 Å². The van der Waals surface area contributed by atoms with E-state index in [9.17, 15) is 9.50 Å². The van der Waals surface area contributed by atoms with Crippen molar-refractivity contribution in [2.45, 2.75) is 49.5 Å². The van der Waals surface area contributed by atoms with Crippen LogP contribution in [-0.2, 0) is 16.1 Å². The van der Waals surface area contributed by atoms with Crippen LogP contribution in [0.25, 0.3) is 16.8 Å². The maximum atomic E-state index is 15.3. The Morgan fingerprint density at radius 1 is 1.11 bits per heavy atom. The van der Waals surface area contributed by atoms with Crippen LogP contribution < -0.4 is 5.73 Å². The van der Waals surface area contributed by atoms with Crippen molar-refractivity contribution in [1.82, 2.24) is 14.4 Å². The van der Waals surface area contributed by atoms with Crippen molar-refractivity contribution < 1.29 is 23.0 Å². The molecule has 4 aromatic rings. The van der Waals surface area contributed by atoms with E-state index < -0.39 is 22.9 Å². The lowest BCUT2D eigenvalue weighted by Crippen LogP contribution is -2.55. The topological polar surface area (TPSA) is 85.7 Å². The molecule has 2 bridgehead atoms. The zero-order valence-corrected chi connectivity index (χ0v) is 20.3. The average molecular weight is 509 g/mol. The SMILES string of the molecule is Cc1cccc(C(F)(F)c2ccc(-c3nc(C45CCC(CO)(CC4)OC5)n4ccnc(N)c34)cc2)c1F. The van der Waals surface area contributed by atoms with Gasteiger partial charge in [0.15, 0.2) is 0 Å². The molecule has 0 radical (unpaired) electrons. The number of aromatic nitrogens is 3. The molecule has 9 heteroatoms. The summed E-state index contributed by atoms with van der Waals surface area (Å²) in [5.41, 5.74) is 6.39. The van der Waals surface area contributed by atoms with E-state index in [-0.39, 0.29) is 29.0 Å². The summed E-state index contributed by atoms with van der Waals surface area (Å²) in [6.45, 7) is 1.89. The van der Waals surface area contributed by atoms with Gasteiger partial charge in [-0.1, -0.05) is 36.4 Å². The lowest BCUT2D eigenvalue weighted by molar-refractivity contribution is -0.177. The molecule has 2 saturated heterocycles. The number of aryl methyl sites for hydroxylation is 1. The van der Waals surface area contributed by atoms with Gasteiger partial charge in [-0.25, -0.2) is 14.4 Å². The second kappa shape index (κ2) is 8.29. The molecular weight excluding hydrogens is 481 g/mol. The van der Waals surface area contributed by atoms with Gasteiger partial charge < -0.3 is 15.6 Å². The Bertz CT molecular complexity index is 1480. The molecule has 1 saturated carbocycles. The minimum Gasteiger partial charge on any atom is -0.393 e. The van der Waals surface area contributed by atoms with Crippen molar-refractivity contribution in [1.29, 1.82) is 0 Å². The Hall–Kier alpha value is -3.43. The van der Waals surface area contributed by atoms with Gasteiger partial charge in [-0.3, -0.25) is 4.40 Å². The number of hydrogen-bond donors (Lipinski definition) is 2. The first-order valence-corrected chi connectivity index (χ1v) is 12.3. The number of anilines is 1. The second-order valence-electron chi connectivity index (χ2n) is 10.3. The molecule has 0 atom stereocenters. The van der Waals surface area contributed by atoms with Crippen molar-refractivity contribution in [3.8, 4) is 11.3 Å². The van der Waals surface area contributed by atoms with Gasteiger partial charge in [0.2, 0.25) is 0 Å². The Morgan fingerprint density at radius 2 is 1.84 bits per heavy atom. The third-order valence-electron chi connectivity index (χ3n) is 8.17. The van der Waals surface area contributed by atoms with Crippen LogP contribution in [0.1, 0.15) is 48.2 Å². The molecule has 0 spiro atoms. The number of halogens is 3. The molecule has 6 nitrogen and oxygen atoms in total. The number of fused-ring (bicyclic) bond motifs is 4. The maximum Gasteiger partial charge on any atom is 0.301 e. The maximum absolute atomic E-state index is 15.3. The molecule has 3 fully saturated rings. The fourth-order valence-corrected chi connectivity index (χ4v) is 5.78. The molecule has 3 aliphatic rings. The highest BCUT2D eigenvalue weighted by Crippen LogP contribution is 2.50. The zero-order valence-electron chi connectivity index (χ0n) is 20.3. The molecule has 1 aliphatic carbocycles. The first-order chi connectivity index (χ1) is 17.7. The van der Waals surface area contributed by atoms with Crippen molar-refractivity contribution in [2.75, 3.05) is 18.9 Å². The summed E-state index contributed by atoms with van der Waals surface area (Å²) in [6, 6.07) is 9.71. The fourth-order valence-electron chi connectivity index (χ4n) is 5.78. The standard InChI is InChI=1S/C28H27F3N4O2/c1-17-3-2-4-20(21(17)29)28(30,31)19-7-5-18(6-8-19)22-23-24(32)33-13-14-35(23)25(34-22)26-9-11-27(15-36,12-10-26)37-16-26/h2-8,13-14,36H,9-12,15-16H2,1H3,(H2,32,33). The van der Waals surface area contributed by atoms with Crippen LogP contribution in [0.15, 0.2) is 54.9 Å². The fraction of sp³-hybridized carbons (Fsp3) is 0.357. The van der Waals surface area contributed by atoms with Crippen LogP contribution in [-0.4, -0.2) is 38.3 Å². The van der Waals surface area contributed by atoms with Crippen LogP contribution in [0.4, 0.5) is 19.0 Å². The number of rotatable bonds is 5. The van der Waals surface area contributed by atoms with E-state index in [0.717, 1.165) is 37.6 Å². The number of nitrogens with zero attached hydrogens (tertiary/aromatic N) is 3. The third-order valence-corrected chi connectivity index (χ3v) is 8.17. The van der Waals surface area contributed by atoms with Crippen LogP contribution >= 0.6 is 0 Å². The summed E-state index contributed by atoms with van der Waals surface area (Å²) in [4.78, 5) is 9.23. The summed E-state index contributed by atoms with van der Waals surface area (Å²) >= 11 is 0. The summed E-state index contributed by atoms with van der Waals surface area (Å²) in [5.74, 6) is -3.35. The molecule has 37 heavy (non-hydrogen) atoms. The second-order valence-corrected chi connectivity index (χ2v) is 10.3. The minimum atomic E-state index is -3.50. The lowest BCUT2D eigenvalue weighted by atomic mass is 9.66. The Morgan fingerprint density at radius 3 is 2.49 bits per heavy atom. The molecular formula is C28H27F3N4O2. The van der Waals surface area contributed by atoms with Gasteiger partial charge in [0.1, 0.15) is 28.7 Å². The number of aliphatic hydroxyl groups excluding tert-OH is 1. The minimum absolute atomic E-state index is 0.00301. The molecule has 0 amide bonds. The van der Waals surface area contributed by atoms with Crippen LogP contribution in [0.3, 0.4) is 0 Å². The van der Waals surface area contributed by atoms with Gasteiger partial charge in [-0.15, -0.1) is 0 Å². The number of alkyl halides is 2. The van der Waals surface area contributed by atoms with Crippen molar-refractivity contribution in [2.24, 2.45) is 0 Å². The highest BCUT2D eigenvalue weighted by molar-refractivity contribution is 5.85. The number of imidazole rings is 1. The number of nitrogen functional groups attached to an aromatic ring is 1. The number of hydrogen-bond acceptors (Lipinski definition) is 5. The Labute approximate surface area is 211 Å². The lowest BCUT2D eigenvalue weighted by Gasteiger charge is -2.51. The van der Waals surface area contributed by atoms with Gasteiger partial charge in [0.05, 0.1) is 29.8 Å². The monoisotopic (exact) mass is 508 g/mol. The Balaban J connectivity index is 1.42. The van der Waals surface area contributed by atoms with E-state index in [1.807, 2.05) is 4.40 Å². The van der Waals surface area contributed by atoms with Gasteiger partial charge in [-0.2, -0.15) is 8.78 Å². The zero-order chi connectivity index (χ0) is 26.0. The largest absolute Gasteiger partial charge is 0.393 e. The summed E-state index contributed by atoms with van der Waals surface area (Å²) in [5, 5.41) is 9.82. The Kier molecular flexibility index (Phi) is 5.36. The molecule has 3 N–H and O–H groups in total. The predicted molar refractivity (Wildman–Crippen MR) is 133 cm³/mol. The smallest absolute Gasteiger partial charge is 0.301 e. The number of ether oxygens (including phenoxy) is 1. The molecule has 2 aromatic heterocycles. The first-order valence-electron chi connectivity index (χ1n) is 12.3. The molecule has 0 unspecified atom stereocenters. The summed E-state index contributed by atoms with van der Waals surface area (Å²) in [7, 11) is 0. The molecule has 7 rings (SSSR count). The van der Waals surface area contributed by atoms with Crippen molar-refractivity contribution in [3.05, 3.63) is 83.2 Å².